The maximum absolute atomic E-state index is 6.29. The first-order chi connectivity index (χ1) is 19.8. The summed E-state index contributed by atoms with van der Waals surface area (Å²) in [7, 11) is 0. The van der Waals surface area contributed by atoms with E-state index in [-0.39, 0.29) is 0 Å². The molecule has 2 saturated heterocycles. The maximum atomic E-state index is 6.29. The number of benzene rings is 1. The zero-order chi connectivity index (χ0) is 26.7. The fraction of sp³-hybridized carbons (Fsp3) is 0.485. The molecule has 0 aliphatic carbocycles. The molecule has 208 valence electrons. The van der Waals surface area contributed by atoms with Crippen molar-refractivity contribution in [2.45, 2.75) is 76.4 Å². The van der Waals surface area contributed by atoms with Gasteiger partial charge in [-0.05, 0) is 107 Å². The highest BCUT2D eigenvalue weighted by Crippen LogP contribution is 2.40. The van der Waals surface area contributed by atoms with Crippen LogP contribution in [0, 0.1) is 0 Å². The van der Waals surface area contributed by atoms with E-state index < -0.39 is 0 Å². The summed E-state index contributed by atoms with van der Waals surface area (Å²) in [4.78, 5) is 12.2. The number of hydrogen-bond acceptors (Lipinski definition) is 6. The van der Waals surface area contributed by atoms with E-state index in [4.69, 9.17) is 14.8 Å². The molecule has 1 aromatic carbocycles. The van der Waals surface area contributed by atoms with Crippen molar-refractivity contribution in [3.05, 3.63) is 60.6 Å². The van der Waals surface area contributed by atoms with E-state index in [2.05, 4.69) is 50.2 Å². The number of pyridine rings is 2. The van der Waals surface area contributed by atoms with Crippen LogP contribution in [0.2, 0.25) is 0 Å². The fourth-order valence-corrected chi connectivity index (χ4v) is 7.19. The Hall–Kier alpha value is -3.29. The Bertz CT molecular complexity index is 1440. The molecule has 0 saturated carbocycles. The van der Waals surface area contributed by atoms with Crippen molar-refractivity contribution in [2.24, 2.45) is 0 Å². The van der Waals surface area contributed by atoms with Crippen LogP contribution in [0.4, 0.5) is 0 Å². The normalized spacial score (nSPS) is 20.1. The second-order valence-corrected chi connectivity index (χ2v) is 11.6. The molecule has 2 fully saturated rings. The van der Waals surface area contributed by atoms with E-state index in [9.17, 15) is 0 Å². The molecule has 7 heteroatoms. The molecule has 3 aliphatic heterocycles. The van der Waals surface area contributed by atoms with E-state index in [0.29, 0.717) is 6.04 Å². The average molecular weight is 537 g/mol. The number of hydrogen-bond donors (Lipinski definition) is 1. The first-order valence-corrected chi connectivity index (χ1v) is 15.3. The number of aromatic nitrogens is 4. The van der Waals surface area contributed by atoms with Gasteiger partial charge in [0.15, 0.2) is 0 Å². The number of rotatable bonds is 8. The van der Waals surface area contributed by atoms with Crippen molar-refractivity contribution in [1.82, 2.24) is 30.0 Å². The Morgan fingerprint density at radius 3 is 2.77 bits per heavy atom. The molecule has 7 nitrogen and oxygen atoms in total. The van der Waals surface area contributed by atoms with Crippen molar-refractivity contribution < 1.29 is 4.74 Å². The monoisotopic (exact) mass is 536 g/mol. The molecular formula is C33H40N6O. The van der Waals surface area contributed by atoms with Gasteiger partial charge in [-0.1, -0.05) is 12.5 Å². The van der Waals surface area contributed by atoms with Crippen LogP contribution in [0.25, 0.3) is 33.4 Å². The molecule has 4 aromatic rings. The van der Waals surface area contributed by atoms with Crippen LogP contribution in [-0.4, -0.2) is 63.0 Å². The molecule has 0 bridgehead atoms. The van der Waals surface area contributed by atoms with Crippen molar-refractivity contribution in [3.8, 4) is 28.3 Å². The molecule has 1 atom stereocenters. The summed E-state index contributed by atoms with van der Waals surface area (Å²) in [5.74, 6) is 0.904. The third-order valence-corrected chi connectivity index (χ3v) is 9.13. The lowest BCUT2D eigenvalue weighted by atomic mass is 9.93. The van der Waals surface area contributed by atoms with Crippen LogP contribution < -0.4 is 10.1 Å². The van der Waals surface area contributed by atoms with Crippen LogP contribution in [-0.2, 0) is 13.0 Å². The van der Waals surface area contributed by atoms with E-state index in [0.717, 1.165) is 66.5 Å². The summed E-state index contributed by atoms with van der Waals surface area (Å²) in [5.41, 5.74) is 6.52. The molecule has 0 spiro atoms. The van der Waals surface area contributed by atoms with Crippen molar-refractivity contribution in [2.75, 3.05) is 26.2 Å². The van der Waals surface area contributed by atoms with Crippen LogP contribution >= 0.6 is 0 Å². The SMILES string of the molecule is c1ccc(-c2nn3c(c2-c2ccnc4cc(OCCCC5CCCCN5C5CCNCC5)ccc24)CCC3)nc1. The Labute approximate surface area is 237 Å². The average Bonchev–Trinajstić information content (AvgIpc) is 3.62. The number of nitrogens with zero attached hydrogens (tertiary/aromatic N) is 5. The second kappa shape index (κ2) is 11.7. The standard InChI is InChI=1S/C33H40N6O/c1-3-16-35-29(9-1)33-32(31-10-5-21-39(31)37-33)28-15-19-36-30-23-26(11-12-27(28)30)40-22-6-8-24-7-2-4-20-38(24)25-13-17-34-18-14-25/h1,3,9,11-12,15-16,19,23-25,34H,2,4-8,10,13-14,17-18,20-22H2. The predicted octanol–water partition coefficient (Wildman–Crippen LogP) is 5.87. The smallest absolute Gasteiger partial charge is 0.121 e. The molecule has 3 aliphatic rings. The summed E-state index contributed by atoms with van der Waals surface area (Å²) in [6.45, 7) is 5.33. The minimum atomic E-state index is 0.715. The molecule has 1 N–H and O–H groups in total. The lowest BCUT2D eigenvalue weighted by Gasteiger charge is -2.43. The quantitative estimate of drug-likeness (QED) is 0.284. The molecule has 40 heavy (non-hydrogen) atoms. The number of piperidine rings is 2. The minimum Gasteiger partial charge on any atom is -0.494 e. The first-order valence-electron chi connectivity index (χ1n) is 15.3. The van der Waals surface area contributed by atoms with Gasteiger partial charge in [0.1, 0.15) is 11.4 Å². The van der Waals surface area contributed by atoms with E-state index >= 15 is 0 Å². The van der Waals surface area contributed by atoms with Crippen molar-refractivity contribution in [1.29, 1.82) is 0 Å². The van der Waals surface area contributed by atoms with Gasteiger partial charge in [-0.25, -0.2) is 0 Å². The number of ether oxygens (including phenoxy) is 1. The highest BCUT2D eigenvalue weighted by atomic mass is 16.5. The van der Waals surface area contributed by atoms with Gasteiger partial charge in [-0.15, -0.1) is 0 Å². The van der Waals surface area contributed by atoms with E-state index in [1.807, 2.05) is 24.5 Å². The number of nitrogens with one attached hydrogen (secondary N) is 1. The zero-order valence-corrected chi connectivity index (χ0v) is 23.4. The van der Waals surface area contributed by atoms with Crippen LogP contribution in [0.3, 0.4) is 0 Å². The predicted molar refractivity (Wildman–Crippen MR) is 159 cm³/mol. The zero-order valence-electron chi connectivity index (χ0n) is 23.4. The summed E-state index contributed by atoms with van der Waals surface area (Å²) in [5, 5.41) is 9.65. The molecule has 7 rings (SSSR count). The Kier molecular flexibility index (Phi) is 7.49. The van der Waals surface area contributed by atoms with Gasteiger partial charge in [0.25, 0.3) is 0 Å². The summed E-state index contributed by atoms with van der Waals surface area (Å²) >= 11 is 0. The van der Waals surface area contributed by atoms with Crippen molar-refractivity contribution >= 4 is 10.9 Å². The van der Waals surface area contributed by atoms with Gasteiger partial charge in [0, 0.05) is 53.7 Å². The number of aryl methyl sites for hydroxylation is 1. The number of fused-ring (bicyclic) bond motifs is 2. The molecule has 3 aromatic heterocycles. The van der Waals surface area contributed by atoms with Gasteiger partial charge in [-0.3, -0.25) is 19.5 Å². The van der Waals surface area contributed by atoms with Gasteiger partial charge in [0.05, 0.1) is 17.8 Å². The van der Waals surface area contributed by atoms with Gasteiger partial charge < -0.3 is 10.1 Å². The fourth-order valence-electron chi connectivity index (χ4n) is 7.19. The van der Waals surface area contributed by atoms with Gasteiger partial charge in [0.2, 0.25) is 0 Å². The van der Waals surface area contributed by atoms with E-state index in [1.54, 1.807) is 0 Å². The van der Waals surface area contributed by atoms with E-state index in [1.165, 1.54) is 75.0 Å². The topological polar surface area (TPSA) is 68.1 Å². The number of likely N-dealkylation sites (tertiary alicyclic amines) is 1. The van der Waals surface area contributed by atoms with Crippen LogP contribution in [0.15, 0.2) is 54.9 Å². The largest absolute Gasteiger partial charge is 0.494 e. The molecule has 0 radical (unpaired) electrons. The van der Waals surface area contributed by atoms with Gasteiger partial charge in [-0.2, -0.15) is 5.10 Å². The minimum absolute atomic E-state index is 0.715. The second-order valence-electron chi connectivity index (χ2n) is 11.6. The lowest BCUT2D eigenvalue weighted by Crippen LogP contribution is -2.50. The maximum Gasteiger partial charge on any atom is 0.121 e. The Balaban J connectivity index is 1.07. The third kappa shape index (κ3) is 5.13. The lowest BCUT2D eigenvalue weighted by molar-refractivity contribution is 0.0679. The molecule has 1 unspecified atom stereocenters. The highest BCUT2D eigenvalue weighted by Gasteiger charge is 2.29. The first kappa shape index (κ1) is 25.7. The third-order valence-electron chi connectivity index (χ3n) is 9.13. The van der Waals surface area contributed by atoms with Crippen LogP contribution in [0.5, 0.6) is 5.75 Å². The Morgan fingerprint density at radius 1 is 0.925 bits per heavy atom. The van der Waals surface area contributed by atoms with Crippen LogP contribution in [0.1, 0.15) is 57.1 Å². The molecule has 6 heterocycles. The summed E-state index contributed by atoms with van der Waals surface area (Å²) < 4.78 is 8.46. The van der Waals surface area contributed by atoms with Crippen molar-refractivity contribution in [3.63, 3.8) is 0 Å². The summed E-state index contributed by atoms with van der Waals surface area (Å²) in [6.07, 6.45) is 14.9. The molecule has 0 amide bonds. The highest BCUT2D eigenvalue weighted by molar-refractivity contribution is 5.99. The Morgan fingerprint density at radius 2 is 1.88 bits per heavy atom. The summed E-state index contributed by atoms with van der Waals surface area (Å²) in [6, 6.07) is 16.0. The molecular weight excluding hydrogens is 496 g/mol. The van der Waals surface area contributed by atoms with Gasteiger partial charge >= 0.3 is 0 Å².